The molecule has 0 aromatic heterocycles. The summed E-state index contributed by atoms with van der Waals surface area (Å²) in [6.45, 7) is 0.688. The Balaban J connectivity index is 1.55. The summed E-state index contributed by atoms with van der Waals surface area (Å²) in [5.41, 5.74) is 2.32. The predicted molar refractivity (Wildman–Crippen MR) is 130 cm³/mol. The zero-order valence-corrected chi connectivity index (χ0v) is 19.2. The average Bonchev–Trinajstić information content (AvgIpc) is 3.02. The number of benzene rings is 3. The molecule has 1 aliphatic rings. The van der Waals surface area contributed by atoms with Crippen LogP contribution in [0.4, 0.5) is 10.1 Å². The first-order chi connectivity index (χ1) is 15.9. The topological polar surface area (TPSA) is 52.7 Å². The van der Waals surface area contributed by atoms with Crippen LogP contribution in [0, 0.1) is 5.82 Å². The highest BCUT2D eigenvalue weighted by atomic mass is 35.5. The van der Waals surface area contributed by atoms with Gasteiger partial charge >= 0.3 is 0 Å². The van der Waals surface area contributed by atoms with E-state index in [4.69, 9.17) is 23.8 Å². The summed E-state index contributed by atoms with van der Waals surface area (Å²) in [6.07, 6.45) is -0.0881. The number of amides is 2. The van der Waals surface area contributed by atoms with Crippen LogP contribution in [0.15, 0.2) is 78.9 Å². The summed E-state index contributed by atoms with van der Waals surface area (Å²) in [7, 11) is 0. The van der Waals surface area contributed by atoms with Gasteiger partial charge in [-0.05, 0) is 59.7 Å². The van der Waals surface area contributed by atoms with Crippen molar-refractivity contribution in [3.05, 3.63) is 101 Å². The zero-order chi connectivity index (χ0) is 23.4. The smallest absolute Gasteiger partial charge is 0.252 e. The molecule has 33 heavy (non-hydrogen) atoms. The first-order valence-electron chi connectivity index (χ1n) is 10.4. The second-order valence-electron chi connectivity index (χ2n) is 7.72. The van der Waals surface area contributed by atoms with Crippen LogP contribution in [0.5, 0.6) is 0 Å². The van der Waals surface area contributed by atoms with Crippen molar-refractivity contribution < 1.29 is 14.0 Å². The van der Waals surface area contributed by atoms with Crippen molar-refractivity contribution in [2.45, 2.75) is 25.6 Å². The summed E-state index contributed by atoms with van der Waals surface area (Å²) in [5, 5.41) is 3.71. The normalized spacial score (nSPS) is 15.8. The minimum atomic E-state index is -0.752. The molecule has 0 bridgehead atoms. The van der Waals surface area contributed by atoms with E-state index in [9.17, 15) is 14.0 Å². The molecule has 5 nitrogen and oxygen atoms in total. The van der Waals surface area contributed by atoms with Crippen LogP contribution in [0.2, 0.25) is 5.02 Å². The minimum Gasteiger partial charge on any atom is -0.332 e. The maximum atomic E-state index is 13.4. The Morgan fingerprint density at radius 2 is 1.58 bits per heavy atom. The molecule has 0 saturated carbocycles. The molecule has 1 atom stereocenters. The van der Waals surface area contributed by atoms with Crippen molar-refractivity contribution in [2.24, 2.45) is 0 Å². The number of carbonyl (C=O) groups is 2. The second kappa shape index (κ2) is 10.1. The number of carbonyl (C=O) groups excluding carboxylic acids is 2. The van der Waals surface area contributed by atoms with E-state index in [2.05, 4.69) is 5.32 Å². The summed E-state index contributed by atoms with van der Waals surface area (Å²) in [6, 6.07) is 21.6. The number of nitrogens with one attached hydrogen (secondary N) is 1. The highest BCUT2D eigenvalue weighted by Crippen LogP contribution is 2.26. The van der Waals surface area contributed by atoms with Gasteiger partial charge in [0.2, 0.25) is 5.91 Å². The molecule has 2 amide bonds. The van der Waals surface area contributed by atoms with Gasteiger partial charge in [0.05, 0.1) is 13.0 Å². The van der Waals surface area contributed by atoms with Crippen molar-refractivity contribution in [3.63, 3.8) is 0 Å². The van der Waals surface area contributed by atoms with Crippen LogP contribution in [0.3, 0.4) is 0 Å². The van der Waals surface area contributed by atoms with Crippen molar-refractivity contribution in [3.8, 4) is 0 Å². The lowest BCUT2D eigenvalue weighted by molar-refractivity contribution is -0.131. The van der Waals surface area contributed by atoms with E-state index in [1.807, 2.05) is 42.5 Å². The van der Waals surface area contributed by atoms with Gasteiger partial charge in [-0.15, -0.1) is 0 Å². The van der Waals surface area contributed by atoms with Gasteiger partial charge < -0.3 is 10.2 Å². The Kier molecular flexibility index (Phi) is 7.01. The van der Waals surface area contributed by atoms with Crippen LogP contribution in [0.1, 0.15) is 17.5 Å². The van der Waals surface area contributed by atoms with Crippen molar-refractivity contribution >= 4 is 46.4 Å². The molecular weight excluding hydrogens is 461 g/mol. The van der Waals surface area contributed by atoms with Gasteiger partial charge in [0.1, 0.15) is 11.9 Å². The lowest BCUT2D eigenvalue weighted by Crippen LogP contribution is -2.37. The molecule has 1 fully saturated rings. The molecule has 3 aromatic rings. The van der Waals surface area contributed by atoms with Gasteiger partial charge in [-0.1, -0.05) is 54.1 Å². The highest BCUT2D eigenvalue weighted by molar-refractivity contribution is 7.80. The second-order valence-corrected chi connectivity index (χ2v) is 8.52. The third kappa shape index (κ3) is 5.56. The Morgan fingerprint density at radius 1 is 0.939 bits per heavy atom. The largest absolute Gasteiger partial charge is 0.332 e. The molecule has 1 heterocycles. The van der Waals surface area contributed by atoms with E-state index < -0.39 is 11.9 Å². The van der Waals surface area contributed by atoms with Crippen molar-refractivity contribution in [2.75, 3.05) is 5.32 Å². The van der Waals surface area contributed by atoms with Crippen LogP contribution >= 0.6 is 23.8 Å². The Hall–Kier alpha value is -3.29. The van der Waals surface area contributed by atoms with Gasteiger partial charge in [0.15, 0.2) is 5.11 Å². The molecule has 8 heteroatoms. The number of hydrogen-bond acceptors (Lipinski definition) is 3. The third-order valence-electron chi connectivity index (χ3n) is 5.36. The maximum Gasteiger partial charge on any atom is 0.252 e. The zero-order valence-electron chi connectivity index (χ0n) is 17.6. The molecule has 4 rings (SSSR count). The standard InChI is InChI=1S/C25H21ClFN3O2S/c26-19-8-6-18(7-9-19)15-29-22(14-23(31)28-21-12-10-20(27)11-13-21)24(32)30(25(29)33)16-17-4-2-1-3-5-17/h1-13,22H,14-16H2,(H,28,31)/t22-/m1/s1. The number of rotatable bonds is 7. The van der Waals surface area contributed by atoms with Gasteiger partial charge in [-0.25, -0.2) is 4.39 Å². The molecule has 0 unspecified atom stereocenters. The van der Waals surface area contributed by atoms with Crippen LogP contribution in [0.25, 0.3) is 0 Å². The number of hydrogen-bond donors (Lipinski definition) is 1. The first kappa shape index (κ1) is 22.9. The summed E-state index contributed by atoms with van der Waals surface area (Å²) < 4.78 is 13.2. The SMILES string of the molecule is O=C(C[C@@H]1C(=O)N(Cc2ccccc2)C(=S)N1Cc1ccc(Cl)cc1)Nc1ccc(F)cc1. The van der Waals surface area contributed by atoms with E-state index in [0.29, 0.717) is 28.9 Å². The summed E-state index contributed by atoms with van der Waals surface area (Å²) >= 11 is 11.7. The number of anilines is 1. The lowest BCUT2D eigenvalue weighted by atomic mass is 10.1. The van der Waals surface area contributed by atoms with Crippen molar-refractivity contribution in [1.82, 2.24) is 9.80 Å². The fourth-order valence-corrected chi connectivity index (χ4v) is 4.16. The van der Waals surface area contributed by atoms with Gasteiger partial charge in [0.25, 0.3) is 5.91 Å². The van der Waals surface area contributed by atoms with Crippen LogP contribution < -0.4 is 5.32 Å². The monoisotopic (exact) mass is 481 g/mol. The third-order valence-corrected chi connectivity index (χ3v) is 6.07. The lowest BCUT2D eigenvalue weighted by Gasteiger charge is -2.24. The Labute approximate surface area is 201 Å². The minimum absolute atomic E-state index is 0.0881. The number of thiocarbonyl (C=S) groups is 1. The average molecular weight is 482 g/mol. The van der Waals surface area contributed by atoms with Crippen molar-refractivity contribution in [1.29, 1.82) is 0 Å². The van der Waals surface area contributed by atoms with Gasteiger partial charge in [0, 0.05) is 17.3 Å². The van der Waals surface area contributed by atoms with E-state index in [0.717, 1.165) is 11.1 Å². The first-order valence-corrected chi connectivity index (χ1v) is 11.1. The quantitative estimate of drug-likeness (QED) is 0.482. The molecular formula is C25H21ClFN3O2S. The summed E-state index contributed by atoms with van der Waals surface area (Å²) in [5.74, 6) is -0.979. The Bertz CT molecular complexity index is 1160. The molecule has 0 radical (unpaired) electrons. The number of nitrogens with zero attached hydrogens (tertiary/aromatic N) is 2. The summed E-state index contributed by atoms with van der Waals surface area (Å²) in [4.78, 5) is 29.4. The molecule has 1 saturated heterocycles. The van der Waals surface area contributed by atoms with Crippen LogP contribution in [-0.2, 0) is 22.7 Å². The molecule has 0 spiro atoms. The molecule has 0 aliphatic carbocycles. The van der Waals surface area contributed by atoms with E-state index >= 15 is 0 Å². The van der Waals surface area contributed by atoms with E-state index in [-0.39, 0.29) is 18.2 Å². The van der Waals surface area contributed by atoms with Gasteiger partial charge in [-0.2, -0.15) is 0 Å². The fraction of sp³-hybridized carbons (Fsp3) is 0.160. The molecule has 168 valence electrons. The van der Waals surface area contributed by atoms with E-state index in [1.165, 1.54) is 29.2 Å². The highest BCUT2D eigenvalue weighted by Gasteiger charge is 2.43. The Morgan fingerprint density at radius 3 is 2.24 bits per heavy atom. The van der Waals surface area contributed by atoms with Gasteiger partial charge in [-0.3, -0.25) is 14.5 Å². The maximum absolute atomic E-state index is 13.4. The van der Waals surface area contributed by atoms with E-state index in [1.54, 1.807) is 17.0 Å². The fourth-order valence-electron chi connectivity index (χ4n) is 3.69. The molecule has 1 N–H and O–H groups in total. The van der Waals surface area contributed by atoms with Crippen LogP contribution in [-0.4, -0.2) is 32.8 Å². The molecule has 3 aromatic carbocycles. The molecule has 1 aliphatic heterocycles. The number of halogens is 2. The predicted octanol–water partition coefficient (Wildman–Crippen LogP) is 5.01.